The smallest absolute Gasteiger partial charge is 0.245 e. The van der Waals surface area contributed by atoms with Crippen LogP contribution in [0.4, 0.5) is 5.82 Å². The first-order valence-corrected chi connectivity index (χ1v) is 7.11. The van der Waals surface area contributed by atoms with Gasteiger partial charge in [-0.15, -0.1) is 0 Å². The van der Waals surface area contributed by atoms with Crippen LogP contribution in [0.15, 0.2) is 6.07 Å². The van der Waals surface area contributed by atoms with E-state index in [-0.39, 0.29) is 11.3 Å². The van der Waals surface area contributed by atoms with E-state index in [1.807, 2.05) is 39.5 Å². The van der Waals surface area contributed by atoms with Crippen molar-refractivity contribution in [3.05, 3.63) is 17.0 Å². The summed E-state index contributed by atoms with van der Waals surface area (Å²) in [5.41, 5.74) is -0.840. The highest BCUT2D eigenvalue weighted by Gasteiger charge is 2.39. The van der Waals surface area contributed by atoms with E-state index in [0.29, 0.717) is 29.9 Å². The number of hydrogen-bond donors (Lipinski definition) is 1. The van der Waals surface area contributed by atoms with Crippen LogP contribution in [0, 0.1) is 0 Å². The number of nitrogens with one attached hydrogen (secondary N) is 1. The molecule has 0 aliphatic carbocycles. The molecule has 1 aromatic heterocycles. The lowest BCUT2D eigenvalue weighted by atomic mass is 9.95. The Bertz CT molecular complexity index is 536. The first kappa shape index (κ1) is 15.0. The van der Waals surface area contributed by atoms with Crippen molar-refractivity contribution in [3.63, 3.8) is 0 Å². The second-order valence-electron chi connectivity index (χ2n) is 6.59. The van der Waals surface area contributed by atoms with Crippen LogP contribution in [0.2, 0.25) is 5.15 Å². The summed E-state index contributed by atoms with van der Waals surface area (Å²) in [5, 5.41) is 3.28. The summed E-state index contributed by atoms with van der Waals surface area (Å²) in [7, 11) is 0. The lowest BCUT2D eigenvalue weighted by molar-refractivity contribution is -0.126. The van der Waals surface area contributed by atoms with E-state index in [9.17, 15) is 4.79 Å². The minimum absolute atomic E-state index is 0.00390. The Hall–Kier alpha value is -1.36. The fourth-order valence-electron chi connectivity index (χ4n) is 2.18. The van der Waals surface area contributed by atoms with Crippen LogP contribution < -0.4 is 10.2 Å². The maximum atomic E-state index is 12.0. The predicted octanol–water partition coefficient (Wildman–Crippen LogP) is 2.14. The van der Waals surface area contributed by atoms with Crippen molar-refractivity contribution in [2.45, 2.75) is 45.6 Å². The van der Waals surface area contributed by atoms with Crippen LogP contribution in [-0.4, -0.2) is 34.5 Å². The van der Waals surface area contributed by atoms with Crippen molar-refractivity contribution < 1.29 is 4.79 Å². The number of aromatic nitrogens is 2. The molecule has 1 N–H and O–H groups in total. The Morgan fingerprint density at radius 2 is 2.00 bits per heavy atom. The summed E-state index contributed by atoms with van der Waals surface area (Å²) in [6.07, 6.45) is 0. The zero-order chi connectivity index (χ0) is 15.1. The Morgan fingerprint density at radius 1 is 1.35 bits per heavy atom. The quantitative estimate of drug-likeness (QED) is 0.807. The van der Waals surface area contributed by atoms with Gasteiger partial charge in [-0.25, -0.2) is 9.97 Å². The second-order valence-corrected chi connectivity index (χ2v) is 6.98. The van der Waals surface area contributed by atoms with Gasteiger partial charge in [-0.05, 0) is 13.8 Å². The Balaban J connectivity index is 2.47. The van der Waals surface area contributed by atoms with Gasteiger partial charge in [0.05, 0.1) is 0 Å². The summed E-state index contributed by atoms with van der Waals surface area (Å²) < 4.78 is 0. The van der Waals surface area contributed by atoms with Crippen LogP contribution >= 0.6 is 11.6 Å². The summed E-state index contributed by atoms with van der Waals surface area (Å²) >= 11 is 6.13. The van der Waals surface area contributed by atoms with Crippen LogP contribution in [-0.2, 0) is 10.2 Å². The largest absolute Gasteiger partial charge is 0.352 e. The van der Waals surface area contributed by atoms with E-state index in [1.54, 1.807) is 6.07 Å². The average molecular weight is 297 g/mol. The molecular weight excluding hydrogens is 276 g/mol. The summed E-state index contributed by atoms with van der Waals surface area (Å²) in [6.45, 7) is 11.2. The number of carbonyl (C=O) groups excluding carboxylic acids is 1. The minimum Gasteiger partial charge on any atom is -0.352 e. The van der Waals surface area contributed by atoms with E-state index < -0.39 is 5.54 Å². The highest BCUT2D eigenvalue weighted by atomic mass is 35.5. The molecule has 1 saturated heterocycles. The maximum absolute atomic E-state index is 12.0. The molecule has 0 saturated carbocycles. The van der Waals surface area contributed by atoms with E-state index >= 15 is 0 Å². The third-order valence-corrected chi connectivity index (χ3v) is 3.67. The zero-order valence-electron chi connectivity index (χ0n) is 12.6. The standard InChI is InChI=1S/C14H21ClN4O/c1-13(2,3)11-17-9(15)8-10(18-11)19-7-6-16-12(20)14(19,4)5/h8H,6-7H2,1-5H3,(H,16,20). The molecule has 0 atom stereocenters. The van der Waals surface area contributed by atoms with Crippen LogP contribution in [0.25, 0.3) is 0 Å². The van der Waals surface area contributed by atoms with Gasteiger partial charge in [0.1, 0.15) is 22.3 Å². The number of anilines is 1. The minimum atomic E-state index is -0.648. The molecule has 2 rings (SSSR count). The van der Waals surface area contributed by atoms with Crippen molar-refractivity contribution in [2.75, 3.05) is 18.0 Å². The highest BCUT2D eigenvalue weighted by molar-refractivity contribution is 6.29. The number of rotatable bonds is 1. The number of halogens is 1. The van der Waals surface area contributed by atoms with Crippen LogP contribution in [0.3, 0.4) is 0 Å². The van der Waals surface area contributed by atoms with Crippen molar-refractivity contribution in [2.24, 2.45) is 0 Å². The molecule has 110 valence electrons. The molecule has 6 heteroatoms. The van der Waals surface area contributed by atoms with Gasteiger partial charge < -0.3 is 10.2 Å². The molecule has 0 bridgehead atoms. The monoisotopic (exact) mass is 296 g/mol. The van der Waals surface area contributed by atoms with E-state index in [2.05, 4.69) is 15.3 Å². The fraction of sp³-hybridized carbons (Fsp3) is 0.643. The number of hydrogen-bond acceptors (Lipinski definition) is 4. The van der Waals surface area contributed by atoms with Crippen molar-refractivity contribution in [3.8, 4) is 0 Å². The average Bonchev–Trinajstić information content (AvgIpc) is 2.30. The van der Waals surface area contributed by atoms with Gasteiger partial charge in [0.2, 0.25) is 5.91 Å². The van der Waals surface area contributed by atoms with Gasteiger partial charge in [-0.1, -0.05) is 32.4 Å². The molecule has 0 spiro atoms. The molecule has 1 aromatic rings. The van der Waals surface area contributed by atoms with E-state index in [1.165, 1.54) is 0 Å². The summed E-state index contributed by atoms with van der Waals surface area (Å²) in [6, 6.07) is 1.72. The lowest BCUT2D eigenvalue weighted by Crippen LogP contribution is -2.62. The van der Waals surface area contributed by atoms with Gasteiger partial charge in [-0.3, -0.25) is 4.79 Å². The molecule has 0 aromatic carbocycles. The van der Waals surface area contributed by atoms with Gasteiger partial charge in [-0.2, -0.15) is 0 Å². The number of carbonyl (C=O) groups is 1. The zero-order valence-corrected chi connectivity index (χ0v) is 13.4. The van der Waals surface area contributed by atoms with Crippen molar-refractivity contribution >= 4 is 23.3 Å². The van der Waals surface area contributed by atoms with Crippen molar-refractivity contribution in [1.82, 2.24) is 15.3 Å². The normalized spacial score (nSPS) is 18.9. The lowest BCUT2D eigenvalue weighted by Gasteiger charge is -2.42. The molecule has 20 heavy (non-hydrogen) atoms. The Labute approximate surface area is 124 Å². The third kappa shape index (κ3) is 2.73. The third-order valence-electron chi connectivity index (χ3n) is 3.48. The predicted molar refractivity (Wildman–Crippen MR) is 80.2 cm³/mol. The summed E-state index contributed by atoms with van der Waals surface area (Å²) in [5.74, 6) is 1.38. The molecule has 1 aliphatic rings. The molecule has 0 unspecified atom stereocenters. The Kier molecular flexibility index (Phi) is 3.67. The van der Waals surface area contributed by atoms with Crippen LogP contribution in [0.1, 0.15) is 40.4 Å². The number of nitrogens with zero attached hydrogens (tertiary/aromatic N) is 3. The molecule has 0 radical (unpaired) electrons. The van der Waals surface area contributed by atoms with Crippen molar-refractivity contribution in [1.29, 1.82) is 0 Å². The topological polar surface area (TPSA) is 58.1 Å². The number of amides is 1. The van der Waals surface area contributed by atoms with Gasteiger partial charge in [0.25, 0.3) is 0 Å². The second kappa shape index (κ2) is 4.88. The highest BCUT2D eigenvalue weighted by Crippen LogP contribution is 2.29. The number of piperazine rings is 1. The van der Waals surface area contributed by atoms with Gasteiger partial charge in [0.15, 0.2) is 0 Å². The van der Waals surface area contributed by atoms with E-state index in [4.69, 9.17) is 11.6 Å². The maximum Gasteiger partial charge on any atom is 0.245 e. The molecule has 1 aliphatic heterocycles. The molecule has 1 fully saturated rings. The summed E-state index contributed by atoms with van der Waals surface area (Å²) in [4.78, 5) is 22.9. The Morgan fingerprint density at radius 3 is 2.60 bits per heavy atom. The first-order chi connectivity index (χ1) is 9.12. The van der Waals surface area contributed by atoms with Gasteiger partial charge in [0, 0.05) is 24.6 Å². The fourth-order valence-corrected chi connectivity index (χ4v) is 2.36. The molecule has 1 amide bonds. The molecule has 2 heterocycles. The van der Waals surface area contributed by atoms with E-state index in [0.717, 1.165) is 0 Å². The van der Waals surface area contributed by atoms with Gasteiger partial charge >= 0.3 is 0 Å². The van der Waals surface area contributed by atoms with Crippen LogP contribution in [0.5, 0.6) is 0 Å². The molecule has 5 nitrogen and oxygen atoms in total. The SMILES string of the molecule is CC(C)(C)c1nc(Cl)cc(N2CCNC(=O)C2(C)C)n1. The first-order valence-electron chi connectivity index (χ1n) is 6.73. The molecular formula is C14H21ClN4O.